The number of nitrogens with one attached hydrogen (secondary N) is 1. The van der Waals surface area contributed by atoms with E-state index in [1.165, 1.54) is 4.68 Å². The molecule has 1 N–H and O–H groups in total. The zero-order valence-electron chi connectivity index (χ0n) is 18.2. The third-order valence-corrected chi connectivity index (χ3v) is 5.79. The van der Waals surface area contributed by atoms with Crippen LogP contribution in [0.2, 0.25) is 0 Å². The second-order valence-electron chi connectivity index (χ2n) is 7.88. The predicted molar refractivity (Wildman–Crippen MR) is 120 cm³/mol. The van der Waals surface area contributed by atoms with Crippen molar-refractivity contribution in [2.75, 3.05) is 23.9 Å². The lowest BCUT2D eigenvalue weighted by atomic mass is 10.1. The molecular weight excluding hydrogens is 408 g/mol. The quantitative estimate of drug-likeness (QED) is 0.517. The molecule has 0 saturated carbocycles. The first kappa shape index (κ1) is 20.0. The molecule has 1 aliphatic rings. The van der Waals surface area contributed by atoms with Gasteiger partial charge in [0.1, 0.15) is 11.4 Å². The molecule has 164 valence electrons. The Labute approximate surface area is 184 Å². The lowest BCUT2D eigenvalue weighted by molar-refractivity contribution is 0.101. The summed E-state index contributed by atoms with van der Waals surface area (Å²) >= 11 is 0. The first-order chi connectivity index (χ1) is 15.5. The molecule has 0 aliphatic carbocycles. The number of ether oxygens (including phenoxy) is 1. The molecule has 5 rings (SSSR count). The third-order valence-electron chi connectivity index (χ3n) is 5.79. The van der Waals surface area contributed by atoms with E-state index in [0.29, 0.717) is 40.1 Å². The standard InChI is InChI=1S/C22H24N8O2/c1-14-5-4-9-29(14)22-26-19-11-15(7-10-30(19)27-22)25-21(31)20-17(13-24-28(20)2)18-12-16(32-3)6-8-23-18/h6-8,10-14H,4-5,9H2,1-3H3,(H,25,31)/t14-/m0/s1. The van der Waals surface area contributed by atoms with Gasteiger partial charge in [0.15, 0.2) is 5.65 Å². The minimum atomic E-state index is -0.290. The van der Waals surface area contributed by atoms with Crippen molar-refractivity contribution < 1.29 is 9.53 Å². The number of amides is 1. The van der Waals surface area contributed by atoms with Gasteiger partial charge in [0, 0.05) is 49.8 Å². The van der Waals surface area contributed by atoms with E-state index in [1.807, 2.05) is 6.07 Å². The van der Waals surface area contributed by atoms with E-state index in [-0.39, 0.29) is 5.91 Å². The van der Waals surface area contributed by atoms with Crippen molar-refractivity contribution in [2.45, 2.75) is 25.8 Å². The van der Waals surface area contributed by atoms with Crippen LogP contribution in [0, 0.1) is 0 Å². The fraction of sp³-hybridized carbons (Fsp3) is 0.318. The molecule has 0 spiro atoms. The van der Waals surface area contributed by atoms with Crippen LogP contribution in [0.1, 0.15) is 30.3 Å². The number of carbonyl (C=O) groups excluding carboxylic acids is 1. The Hall–Kier alpha value is -3.95. The van der Waals surface area contributed by atoms with Gasteiger partial charge in [-0.15, -0.1) is 5.10 Å². The van der Waals surface area contributed by atoms with E-state index in [4.69, 9.17) is 4.74 Å². The maximum Gasteiger partial charge on any atom is 0.274 e. The van der Waals surface area contributed by atoms with Gasteiger partial charge >= 0.3 is 0 Å². The molecule has 0 bridgehead atoms. The summed E-state index contributed by atoms with van der Waals surface area (Å²) in [6, 6.07) is 7.58. The van der Waals surface area contributed by atoms with Gasteiger partial charge in [-0.1, -0.05) is 0 Å². The predicted octanol–water partition coefficient (Wildman–Crippen LogP) is 2.77. The Morgan fingerprint density at radius 3 is 2.94 bits per heavy atom. The van der Waals surface area contributed by atoms with E-state index in [1.54, 1.807) is 55.5 Å². The van der Waals surface area contributed by atoms with Crippen LogP contribution >= 0.6 is 0 Å². The zero-order valence-corrected chi connectivity index (χ0v) is 18.2. The highest BCUT2D eigenvalue weighted by Crippen LogP contribution is 2.26. The van der Waals surface area contributed by atoms with Crippen LogP contribution in [0.25, 0.3) is 16.9 Å². The van der Waals surface area contributed by atoms with Gasteiger partial charge in [0.2, 0.25) is 5.95 Å². The second kappa shape index (κ2) is 7.95. The zero-order chi connectivity index (χ0) is 22.2. The molecule has 1 amide bonds. The molecular formula is C22H24N8O2. The topological polar surface area (TPSA) is 102 Å². The number of methoxy groups -OCH3 is 1. The summed E-state index contributed by atoms with van der Waals surface area (Å²) in [5, 5.41) is 11.8. The van der Waals surface area contributed by atoms with Crippen LogP contribution in [0.3, 0.4) is 0 Å². The third kappa shape index (κ3) is 3.53. The summed E-state index contributed by atoms with van der Waals surface area (Å²) in [6.07, 6.45) is 7.36. The van der Waals surface area contributed by atoms with Gasteiger partial charge in [-0.05, 0) is 31.9 Å². The number of fused-ring (bicyclic) bond motifs is 1. The van der Waals surface area contributed by atoms with Gasteiger partial charge < -0.3 is 15.0 Å². The molecule has 0 unspecified atom stereocenters. The summed E-state index contributed by atoms with van der Waals surface area (Å²) < 4.78 is 8.54. The summed E-state index contributed by atoms with van der Waals surface area (Å²) in [5.41, 5.74) is 2.94. The maximum atomic E-state index is 13.2. The second-order valence-corrected chi connectivity index (χ2v) is 7.88. The molecule has 10 nitrogen and oxygen atoms in total. The van der Waals surface area contributed by atoms with Crippen molar-refractivity contribution in [3.05, 3.63) is 48.5 Å². The number of nitrogens with zero attached hydrogens (tertiary/aromatic N) is 7. The van der Waals surface area contributed by atoms with Crippen LogP contribution in [0.5, 0.6) is 5.75 Å². The number of aromatic nitrogens is 6. The van der Waals surface area contributed by atoms with Gasteiger partial charge in [-0.3, -0.25) is 14.5 Å². The average Bonchev–Trinajstić information content (AvgIpc) is 3.51. The lowest BCUT2D eigenvalue weighted by Crippen LogP contribution is -2.27. The summed E-state index contributed by atoms with van der Waals surface area (Å²) in [6.45, 7) is 3.15. The molecule has 4 aromatic heterocycles. The molecule has 10 heteroatoms. The van der Waals surface area contributed by atoms with E-state index >= 15 is 0 Å². The minimum absolute atomic E-state index is 0.290. The van der Waals surface area contributed by atoms with Crippen molar-refractivity contribution in [3.63, 3.8) is 0 Å². The Balaban J connectivity index is 1.42. The fourth-order valence-corrected chi connectivity index (χ4v) is 4.07. The van der Waals surface area contributed by atoms with Crippen molar-refractivity contribution >= 4 is 23.2 Å². The molecule has 0 radical (unpaired) electrons. The van der Waals surface area contributed by atoms with Gasteiger partial charge in [0.25, 0.3) is 5.91 Å². The number of rotatable bonds is 5. The Morgan fingerprint density at radius 1 is 1.28 bits per heavy atom. The number of anilines is 2. The van der Waals surface area contributed by atoms with Gasteiger partial charge in [0.05, 0.1) is 24.6 Å². The maximum absolute atomic E-state index is 13.2. The van der Waals surface area contributed by atoms with E-state index in [0.717, 1.165) is 25.3 Å². The highest BCUT2D eigenvalue weighted by molar-refractivity contribution is 6.07. The molecule has 0 aromatic carbocycles. The highest BCUT2D eigenvalue weighted by atomic mass is 16.5. The molecule has 1 saturated heterocycles. The smallest absolute Gasteiger partial charge is 0.274 e. The van der Waals surface area contributed by atoms with Gasteiger partial charge in [-0.25, -0.2) is 4.52 Å². The molecule has 5 heterocycles. The average molecular weight is 432 g/mol. The lowest BCUT2D eigenvalue weighted by Gasteiger charge is -2.18. The summed E-state index contributed by atoms with van der Waals surface area (Å²) in [5.74, 6) is 1.09. The first-order valence-electron chi connectivity index (χ1n) is 10.5. The molecule has 4 aromatic rings. The van der Waals surface area contributed by atoms with Crippen LogP contribution in [-0.4, -0.2) is 55.0 Å². The molecule has 1 fully saturated rings. The fourth-order valence-electron chi connectivity index (χ4n) is 4.07. The Bertz CT molecular complexity index is 1290. The highest BCUT2D eigenvalue weighted by Gasteiger charge is 2.24. The number of aryl methyl sites for hydroxylation is 1. The molecule has 1 atom stereocenters. The molecule has 1 aliphatic heterocycles. The first-order valence-corrected chi connectivity index (χ1v) is 10.5. The number of hydrogen-bond donors (Lipinski definition) is 1. The number of pyridine rings is 2. The minimum Gasteiger partial charge on any atom is -0.497 e. The van der Waals surface area contributed by atoms with Crippen LogP contribution < -0.4 is 15.0 Å². The number of carbonyl (C=O) groups is 1. The van der Waals surface area contributed by atoms with Crippen molar-refractivity contribution in [2.24, 2.45) is 7.05 Å². The number of hydrogen-bond acceptors (Lipinski definition) is 7. The van der Waals surface area contributed by atoms with E-state index in [2.05, 4.69) is 37.3 Å². The Kier molecular flexibility index (Phi) is 4.96. The van der Waals surface area contributed by atoms with E-state index < -0.39 is 0 Å². The SMILES string of the molecule is COc1ccnc(-c2cnn(C)c2C(=O)Nc2ccn3nc(N4CCC[C@@H]4C)nc3c2)c1. The summed E-state index contributed by atoms with van der Waals surface area (Å²) in [7, 11) is 3.32. The van der Waals surface area contributed by atoms with Crippen molar-refractivity contribution in [3.8, 4) is 17.0 Å². The van der Waals surface area contributed by atoms with Crippen LogP contribution in [0.4, 0.5) is 11.6 Å². The van der Waals surface area contributed by atoms with Crippen molar-refractivity contribution in [1.29, 1.82) is 0 Å². The Morgan fingerprint density at radius 2 is 2.16 bits per heavy atom. The van der Waals surface area contributed by atoms with Gasteiger partial charge in [-0.2, -0.15) is 10.1 Å². The summed E-state index contributed by atoms with van der Waals surface area (Å²) in [4.78, 5) is 24.4. The van der Waals surface area contributed by atoms with Crippen molar-refractivity contribution in [1.82, 2.24) is 29.4 Å². The van der Waals surface area contributed by atoms with Crippen LogP contribution in [-0.2, 0) is 7.05 Å². The normalized spacial score (nSPS) is 16.0. The molecule has 32 heavy (non-hydrogen) atoms. The monoisotopic (exact) mass is 432 g/mol. The van der Waals surface area contributed by atoms with E-state index in [9.17, 15) is 4.79 Å². The van der Waals surface area contributed by atoms with Crippen LogP contribution in [0.15, 0.2) is 42.9 Å². The largest absolute Gasteiger partial charge is 0.497 e.